The summed E-state index contributed by atoms with van der Waals surface area (Å²) in [7, 11) is 0. The van der Waals surface area contributed by atoms with Crippen LogP contribution < -0.4 is 16.0 Å². The van der Waals surface area contributed by atoms with E-state index in [0.717, 1.165) is 11.1 Å². The van der Waals surface area contributed by atoms with Crippen LogP contribution in [-0.4, -0.2) is 24.3 Å². The highest BCUT2D eigenvalue weighted by Crippen LogP contribution is 2.22. The van der Waals surface area contributed by atoms with Crippen LogP contribution in [0.2, 0.25) is 5.02 Å². The largest absolute Gasteiger partial charge is 0.344 e. The number of benzene rings is 2. The molecule has 0 saturated carbocycles. The Kier molecular flexibility index (Phi) is 6.54. The highest BCUT2D eigenvalue weighted by molar-refractivity contribution is 6.35. The Morgan fingerprint density at radius 3 is 2.32 bits per heavy atom. The number of hydrogen-bond acceptors (Lipinski definition) is 3. The summed E-state index contributed by atoms with van der Waals surface area (Å²) in [5, 5.41) is 7.93. The minimum Gasteiger partial charge on any atom is -0.344 e. The van der Waals surface area contributed by atoms with Crippen molar-refractivity contribution in [2.45, 2.75) is 13.5 Å². The maximum Gasteiger partial charge on any atom is 0.309 e. The number of halogens is 1. The van der Waals surface area contributed by atoms with Gasteiger partial charge >= 0.3 is 11.8 Å². The van der Waals surface area contributed by atoms with Crippen molar-refractivity contribution in [1.29, 1.82) is 0 Å². The topological polar surface area (TPSA) is 87.3 Å². The van der Waals surface area contributed by atoms with Crippen molar-refractivity contribution in [3.8, 4) is 0 Å². The number of amides is 3. The highest BCUT2D eigenvalue weighted by Gasteiger charge is 2.14. The summed E-state index contributed by atoms with van der Waals surface area (Å²) in [4.78, 5) is 35.3. The Balaban J connectivity index is 1.77. The second-order valence-electron chi connectivity index (χ2n) is 5.31. The van der Waals surface area contributed by atoms with E-state index in [1.807, 2.05) is 30.3 Å². The van der Waals surface area contributed by atoms with Crippen LogP contribution in [0.15, 0.2) is 48.5 Å². The Morgan fingerprint density at radius 1 is 0.920 bits per heavy atom. The molecule has 2 aromatic carbocycles. The molecule has 0 heterocycles. The van der Waals surface area contributed by atoms with Gasteiger partial charge in [-0.2, -0.15) is 0 Å². The van der Waals surface area contributed by atoms with Gasteiger partial charge in [0.15, 0.2) is 0 Å². The molecule has 0 unspecified atom stereocenters. The number of rotatable bonds is 5. The summed E-state index contributed by atoms with van der Waals surface area (Å²) >= 11 is 5.98. The van der Waals surface area contributed by atoms with E-state index in [4.69, 9.17) is 11.6 Å². The molecule has 0 radical (unpaired) electrons. The summed E-state index contributed by atoms with van der Waals surface area (Å²) in [5.74, 6) is -2.11. The molecule has 2 aromatic rings. The SMILES string of the molecule is Cc1c(Cl)cccc1NC(=O)CNC(=O)C(=O)NCc1ccccc1. The Labute approximate surface area is 150 Å². The minimum absolute atomic E-state index is 0.237. The smallest absolute Gasteiger partial charge is 0.309 e. The minimum atomic E-state index is -0.867. The fourth-order valence-corrected chi connectivity index (χ4v) is 2.21. The fourth-order valence-electron chi connectivity index (χ4n) is 2.04. The molecule has 0 aliphatic carbocycles. The van der Waals surface area contributed by atoms with Gasteiger partial charge < -0.3 is 16.0 Å². The van der Waals surface area contributed by atoms with Crippen molar-refractivity contribution < 1.29 is 14.4 Å². The first kappa shape index (κ1) is 18.5. The van der Waals surface area contributed by atoms with Crippen LogP contribution in [0.25, 0.3) is 0 Å². The molecule has 0 atom stereocenters. The Hall–Kier alpha value is -2.86. The molecular weight excluding hydrogens is 342 g/mol. The van der Waals surface area contributed by atoms with Crippen molar-refractivity contribution in [2.24, 2.45) is 0 Å². The molecule has 6 nitrogen and oxygen atoms in total. The van der Waals surface area contributed by atoms with E-state index in [2.05, 4.69) is 16.0 Å². The summed E-state index contributed by atoms with van der Waals surface area (Å²) in [6.45, 7) is 1.69. The van der Waals surface area contributed by atoms with Crippen LogP contribution in [0.5, 0.6) is 0 Å². The zero-order valence-corrected chi connectivity index (χ0v) is 14.4. The highest BCUT2D eigenvalue weighted by atomic mass is 35.5. The molecule has 0 spiro atoms. The third kappa shape index (κ3) is 5.61. The van der Waals surface area contributed by atoms with Crippen molar-refractivity contribution in [3.63, 3.8) is 0 Å². The van der Waals surface area contributed by atoms with Gasteiger partial charge in [-0.15, -0.1) is 0 Å². The van der Waals surface area contributed by atoms with Gasteiger partial charge in [0.2, 0.25) is 5.91 Å². The van der Waals surface area contributed by atoms with Gasteiger partial charge in [0, 0.05) is 17.3 Å². The van der Waals surface area contributed by atoms with E-state index in [1.54, 1.807) is 25.1 Å². The van der Waals surface area contributed by atoms with Crippen molar-refractivity contribution in [2.75, 3.05) is 11.9 Å². The molecule has 7 heteroatoms. The quantitative estimate of drug-likeness (QED) is 0.714. The summed E-state index contributed by atoms with van der Waals surface area (Å²) in [6.07, 6.45) is 0. The van der Waals surface area contributed by atoms with Crippen LogP contribution in [0.4, 0.5) is 5.69 Å². The van der Waals surface area contributed by atoms with Gasteiger partial charge in [0.25, 0.3) is 0 Å². The average Bonchev–Trinajstić information content (AvgIpc) is 2.62. The predicted molar refractivity (Wildman–Crippen MR) is 96.1 cm³/mol. The Morgan fingerprint density at radius 2 is 1.60 bits per heavy atom. The summed E-state index contributed by atoms with van der Waals surface area (Å²) < 4.78 is 0. The van der Waals surface area contributed by atoms with Gasteiger partial charge in [0.1, 0.15) is 0 Å². The lowest BCUT2D eigenvalue weighted by molar-refractivity contribution is -0.139. The van der Waals surface area contributed by atoms with E-state index in [-0.39, 0.29) is 13.1 Å². The zero-order valence-electron chi connectivity index (χ0n) is 13.6. The molecule has 0 aromatic heterocycles. The lowest BCUT2D eigenvalue weighted by atomic mass is 10.2. The Bertz CT molecular complexity index is 778. The molecule has 0 aliphatic rings. The fraction of sp³-hybridized carbons (Fsp3) is 0.167. The number of carbonyl (C=O) groups is 3. The maximum absolute atomic E-state index is 11.9. The molecule has 0 saturated heterocycles. The van der Waals surface area contributed by atoms with Crippen molar-refractivity contribution >= 4 is 35.0 Å². The maximum atomic E-state index is 11.9. The number of hydrogen-bond donors (Lipinski definition) is 3. The molecule has 3 N–H and O–H groups in total. The lowest BCUT2D eigenvalue weighted by Gasteiger charge is -2.10. The molecule has 2 rings (SSSR count). The van der Waals surface area contributed by atoms with Gasteiger partial charge in [-0.25, -0.2) is 0 Å². The third-order valence-corrected chi connectivity index (χ3v) is 3.86. The van der Waals surface area contributed by atoms with E-state index in [0.29, 0.717) is 10.7 Å². The molecule has 25 heavy (non-hydrogen) atoms. The first-order chi connectivity index (χ1) is 12.0. The normalized spacial score (nSPS) is 10.0. The van der Waals surface area contributed by atoms with Crippen molar-refractivity contribution in [3.05, 3.63) is 64.7 Å². The predicted octanol–water partition coefficient (Wildman–Crippen LogP) is 2.02. The van der Waals surface area contributed by atoms with Crippen LogP contribution >= 0.6 is 11.6 Å². The van der Waals surface area contributed by atoms with E-state index in [9.17, 15) is 14.4 Å². The van der Waals surface area contributed by atoms with Crippen LogP contribution in [0.3, 0.4) is 0 Å². The van der Waals surface area contributed by atoms with E-state index in [1.165, 1.54) is 0 Å². The second-order valence-corrected chi connectivity index (χ2v) is 5.72. The number of anilines is 1. The standard InChI is InChI=1S/C18H18ClN3O3/c1-12-14(19)8-5-9-15(12)22-16(23)11-21-18(25)17(24)20-10-13-6-3-2-4-7-13/h2-9H,10-11H2,1H3,(H,20,24)(H,21,25)(H,22,23). The van der Waals surface area contributed by atoms with Gasteiger partial charge in [-0.3, -0.25) is 14.4 Å². The zero-order chi connectivity index (χ0) is 18.2. The first-order valence-corrected chi connectivity index (χ1v) is 8.00. The van der Waals surface area contributed by atoms with Gasteiger partial charge in [-0.05, 0) is 30.2 Å². The van der Waals surface area contributed by atoms with Crippen LogP contribution in [-0.2, 0) is 20.9 Å². The van der Waals surface area contributed by atoms with Crippen LogP contribution in [0, 0.1) is 6.92 Å². The summed E-state index contributed by atoms with van der Waals surface area (Å²) in [6, 6.07) is 14.3. The first-order valence-electron chi connectivity index (χ1n) is 7.62. The van der Waals surface area contributed by atoms with Gasteiger partial charge in [0.05, 0.1) is 6.54 Å². The monoisotopic (exact) mass is 359 g/mol. The molecule has 3 amide bonds. The van der Waals surface area contributed by atoms with Gasteiger partial charge in [-0.1, -0.05) is 48.0 Å². The number of nitrogens with one attached hydrogen (secondary N) is 3. The summed E-state index contributed by atoms with van der Waals surface area (Å²) in [5.41, 5.74) is 2.16. The molecule has 130 valence electrons. The van der Waals surface area contributed by atoms with E-state index >= 15 is 0 Å². The van der Waals surface area contributed by atoms with Crippen molar-refractivity contribution in [1.82, 2.24) is 10.6 Å². The molecular formula is C18H18ClN3O3. The second kappa shape index (κ2) is 8.84. The molecule has 0 aliphatic heterocycles. The molecule has 0 fully saturated rings. The van der Waals surface area contributed by atoms with E-state index < -0.39 is 17.7 Å². The van der Waals surface area contributed by atoms with Crippen LogP contribution in [0.1, 0.15) is 11.1 Å². The molecule has 0 bridgehead atoms. The lowest BCUT2D eigenvalue weighted by Crippen LogP contribution is -2.42. The third-order valence-electron chi connectivity index (χ3n) is 3.45. The number of carbonyl (C=O) groups excluding carboxylic acids is 3. The average molecular weight is 360 g/mol.